The average molecular weight is 434 g/mol. The van der Waals surface area contributed by atoms with Crippen molar-refractivity contribution in [2.45, 2.75) is 51.0 Å². The molecule has 0 radical (unpaired) electrons. The molecule has 0 aliphatic carbocycles. The lowest BCUT2D eigenvalue weighted by Crippen LogP contribution is -2.44. The second-order valence-electron chi connectivity index (χ2n) is 8.83. The Labute approximate surface area is 188 Å². The molecule has 3 aromatic rings. The quantitative estimate of drug-likeness (QED) is 0.680. The van der Waals surface area contributed by atoms with Gasteiger partial charge in [0.15, 0.2) is 5.65 Å². The first-order valence-electron chi connectivity index (χ1n) is 11.8. The van der Waals surface area contributed by atoms with Gasteiger partial charge < -0.3 is 15.1 Å². The summed E-state index contributed by atoms with van der Waals surface area (Å²) in [6, 6.07) is 10.1. The fourth-order valence-electron chi connectivity index (χ4n) is 4.81. The zero-order valence-corrected chi connectivity index (χ0v) is 18.5. The molecule has 0 spiro atoms. The number of fused-ring (bicyclic) bond motifs is 1. The van der Waals surface area contributed by atoms with Crippen LogP contribution >= 0.6 is 0 Å². The average Bonchev–Trinajstić information content (AvgIpc) is 3.08. The molecule has 2 amide bonds. The highest BCUT2D eigenvalue weighted by atomic mass is 16.2. The van der Waals surface area contributed by atoms with E-state index >= 15 is 0 Å². The minimum atomic E-state index is 0.00249. The molecule has 0 atom stereocenters. The molecule has 0 aromatic carbocycles. The Balaban J connectivity index is 1.14. The van der Waals surface area contributed by atoms with E-state index in [1.54, 1.807) is 0 Å². The zero-order valence-electron chi connectivity index (χ0n) is 18.5. The Morgan fingerprint density at radius 3 is 2.62 bits per heavy atom. The molecule has 2 aliphatic rings. The lowest BCUT2D eigenvalue weighted by atomic mass is 9.96. The van der Waals surface area contributed by atoms with Crippen molar-refractivity contribution in [3.63, 3.8) is 0 Å². The van der Waals surface area contributed by atoms with Crippen LogP contribution in [0.3, 0.4) is 0 Å². The number of likely N-dealkylation sites (tertiary alicyclic amines) is 1. The molecule has 0 saturated carbocycles. The lowest BCUT2D eigenvalue weighted by Gasteiger charge is -2.31. The molecule has 168 valence electrons. The van der Waals surface area contributed by atoms with E-state index in [1.807, 2.05) is 41.6 Å². The maximum Gasteiger partial charge on any atom is 0.317 e. The number of anilines is 1. The van der Waals surface area contributed by atoms with Crippen LogP contribution in [0.4, 0.5) is 10.6 Å². The van der Waals surface area contributed by atoms with Gasteiger partial charge in [0.05, 0.1) is 0 Å². The van der Waals surface area contributed by atoms with E-state index in [-0.39, 0.29) is 6.03 Å². The minimum Gasteiger partial charge on any atom is -0.357 e. The van der Waals surface area contributed by atoms with Crippen LogP contribution in [-0.2, 0) is 6.54 Å². The number of pyridine rings is 2. The number of rotatable bonds is 4. The van der Waals surface area contributed by atoms with Gasteiger partial charge in [-0.05, 0) is 55.5 Å². The van der Waals surface area contributed by atoms with Crippen LogP contribution in [0.5, 0.6) is 0 Å². The van der Waals surface area contributed by atoms with Gasteiger partial charge in [-0.15, -0.1) is 10.2 Å². The van der Waals surface area contributed by atoms with Crippen LogP contribution in [0.15, 0.2) is 42.7 Å². The van der Waals surface area contributed by atoms with Crippen molar-refractivity contribution in [2.24, 2.45) is 0 Å². The summed E-state index contributed by atoms with van der Waals surface area (Å²) in [6.45, 7) is 4.12. The summed E-state index contributed by atoms with van der Waals surface area (Å²) < 4.78 is 2.06. The summed E-state index contributed by atoms with van der Waals surface area (Å²) in [6.07, 6.45) is 10.7. The highest BCUT2D eigenvalue weighted by molar-refractivity contribution is 5.74. The van der Waals surface area contributed by atoms with E-state index < -0.39 is 0 Å². The van der Waals surface area contributed by atoms with Crippen LogP contribution in [0.1, 0.15) is 55.8 Å². The van der Waals surface area contributed by atoms with E-state index in [0.717, 1.165) is 61.9 Å². The molecule has 32 heavy (non-hydrogen) atoms. The van der Waals surface area contributed by atoms with E-state index in [9.17, 15) is 4.79 Å². The smallest absolute Gasteiger partial charge is 0.317 e. The summed E-state index contributed by atoms with van der Waals surface area (Å²) in [4.78, 5) is 21.6. The number of carbonyl (C=O) groups excluding carboxylic acids is 1. The van der Waals surface area contributed by atoms with Crippen molar-refractivity contribution in [1.29, 1.82) is 0 Å². The van der Waals surface area contributed by atoms with Crippen molar-refractivity contribution < 1.29 is 4.79 Å². The van der Waals surface area contributed by atoms with Gasteiger partial charge in [0.25, 0.3) is 0 Å². The Kier molecular flexibility index (Phi) is 6.18. The van der Waals surface area contributed by atoms with Crippen molar-refractivity contribution in [2.75, 3.05) is 31.1 Å². The topological polar surface area (TPSA) is 78.7 Å². The van der Waals surface area contributed by atoms with E-state index in [2.05, 4.69) is 35.9 Å². The molecule has 8 nitrogen and oxygen atoms in total. The number of carbonyl (C=O) groups is 1. The van der Waals surface area contributed by atoms with Crippen molar-refractivity contribution >= 4 is 17.5 Å². The van der Waals surface area contributed by atoms with Gasteiger partial charge in [0.2, 0.25) is 0 Å². The van der Waals surface area contributed by atoms with Crippen LogP contribution in [0.2, 0.25) is 0 Å². The lowest BCUT2D eigenvalue weighted by molar-refractivity contribution is 0.180. The minimum absolute atomic E-state index is 0.00249. The van der Waals surface area contributed by atoms with E-state index in [4.69, 9.17) is 0 Å². The molecule has 3 aromatic heterocycles. The fraction of sp³-hybridized carbons (Fsp3) is 0.500. The molecule has 1 N–H and O–H groups in total. The zero-order chi connectivity index (χ0) is 21.8. The molecule has 8 heteroatoms. The first kappa shape index (κ1) is 20.7. The Morgan fingerprint density at radius 2 is 1.81 bits per heavy atom. The van der Waals surface area contributed by atoms with Crippen LogP contribution in [0.25, 0.3) is 5.65 Å². The summed E-state index contributed by atoms with van der Waals surface area (Å²) >= 11 is 0. The molecule has 5 rings (SSSR count). The molecule has 2 fully saturated rings. The van der Waals surface area contributed by atoms with Crippen molar-refractivity contribution in [1.82, 2.24) is 29.8 Å². The molecule has 5 heterocycles. The monoisotopic (exact) mass is 433 g/mol. The number of hydrogen-bond donors (Lipinski definition) is 1. The number of hydrogen-bond acceptors (Lipinski definition) is 5. The Morgan fingerprint density at radius 1 is 1.00 bits per heavy atom. The Hall–Kier alpha value is -3.16. The van der Waals surface area contributed by atoms with Gasteiger partial charge in [-0.25, -0.2) is 9.78 Å². The third kappa shape index (κ3) is 4.54. The van der Waals surface area contributed by atoms with Crippen molar-refractivity contribution in [3.05, 3.63) is 54.1 Å². The van der Waals surface area contributed by atoms with Crippen LogP contribution in [0, 0.1) is 0 Å². The van der Waals surface area contributed by atoms with Crippen LogP contribution < -0.4 is 10.2 Å². The molecular formula is C24H31N7O. The summed E-state index contributed by atoms with van der Waals surface area (Å²) in [5.41, 5.74) is 1.97. The number of nitrogens with one attached hydrogen (secondary N) is 1. The normalized spacial score (nSPS) is 18.0. The SMILES string of the molecule is O=C(NCc1ccnc(N2CCCCCC2)c1)N1CCC(c2nnc3ccccn23)CC1. The number of urea groups is 1. The maximum atomic E-state index is 12.8. The van der Waals surface area contributed by atoms with Gasteiger partial charge >= 0.3 is 6.03 Å². The molecule has 2 aliphatic heterocycles. The van der Waals surface area contributed by atoms with Gasteiger partial charge in [0, 0.05) is 51.0 Å². The Bertz CT molecular complexity index is 1050. The maximum absolute atomic E-state index is 12.8. The second-order valence-corrected chi connectivity index (χ2v) is 8.83. The van der Waals surface area contributed by atoms with Gasteiger partial charge in [-0.2, -0.15) is 0 Å². The number of nitrogens with zero attached hydrogens (tertiary/aromatic N) is 6. The second kappa shape index (κ2) is 9.54. The van der Waals surface area contributed by atoms with Gasteiger partial charge in [0.1, 0.15) is 11.6 Å². The largest absolute Gasteiger partial charge is 0.357 e. The predicted molar refractivity (Wildman–Crippen MR) is 124 cm³/mol. The molecule has 2 saturated heterocycles. The summed E-state index contributed by atoms with van der Waals surface area (Å²) in [5, 5.41) is 11.8. The third-order valence-electron chi connectivity index (χ3n) is 6.67. The molecule has 0 unspecified atom stereocenters. The molecular weight excluding hydrogens is 402 g/mol. The predicted octanol–water partition coefficient (Wildman–Crippen LogP) is 3.59. The number of aromatic nitrogens is 4. The number of amides is 2. The first-order chi connectivity index (χ1) is 15.8. The van der Waals surface area contributed by atoms with Crippen LogP contribution in [-0.4, -0.2) is 56.7 Å². The van der Waals surface area contributed by atoms with E-state index in [0.29, 0.717) is 12.5 Å². The fourth-order valence-corrected chi connectivity index (χ4v) is 4.81. The summed E-state index contributed by atoms with van der Waals surface area (Å²) in [7, 11) is 0. The highest BCUT2D eigenvalue weighted by Crippen LogP contribution is 2.27. The van der Waals surface area contributed by atoms with Gasteiger partial charge in [-0.3, -0.25) is 4.40 Å². The standard InChI is InChI=1S/C24H31N7O/c32-24(26-18-19-8-11-25-22(17-19)29-12-4-1-2-5-13-29)30-15-9-20(10-16-30)23-28-27-21-7-3-6-14-31(21)23/h3,6-8,11,14,17,20H,1-2,4-5,9-10,12-13,15-16,18H2,(H,26,32). The number of piperidine rings is 1. The first-order valence-corrected chi connectivity index (χ1v) is 11.8. The van der Waals surface area contributed by atoms with E-state index in [1.165, 1.54) is 25.7 Å². The summed E-state index contributed by atoms with van der Waals surface area (Å²) in [5.74, 6) is 2.35. The van der Waals surface area contributed by atoms with Crippen molar-refractivity contribution in [3.8, 4) is 0 Å². The third-order valence-corrected chi connectivity index (χ3v) is 6.67. The highest BCUT2D eigenvalue weighted by Gasteiger charge is 2.26. The van der Waals surface area contributed by atoms with Gasteiger partial charge in [-0.1, -0.05) is 18.9 Å². The molecule has 0 bridgehead atoms.